The Balaban J connectivity index is 1.72. The van der Waals surface area contributed by atoms with E-state index >= 15 is 0 Å². The lowest BCUT2D eigenvalue weighted by Gasteiger charge is -2.19. The van der Waals surface area contributed by atoms with E-state index in [-0.39, 0.29) is 0 Å². The molecule has 1 N–H and O–H groups in total. The second-order valence-electron chi connectivity index (χ2n) is 4.70. The van der Waals surface area contributed by atoms with Gasteiger partial charge in [0.2, 0.25) is 0 Å². The van der Waals surface area contributed by atoms with Crippen LogP contribution in [0.4, 0.5) is 10.8 Å². The molecular weight excluding hydrogens is 254 g/mol. The van der Waals surface area contributed by atoms with Gasteiger partial charge in [-0.05, 0) is 32.4 Å². The molecule has 1 aromatic carbocycles. The zero-order chi connectivity index (χ0) is 13.7. The summed E-state index contributed by atoms with van der Waals surface area (Å²) in [6, 6.07) is 10.5. The molecule has 0 amide bonds. The Hall–Kier alpha value is -1.55. The molecule has 0 aliphatic carbocycles. The van der Waals surface area contributed by atoms with E-state index in [4.69, 9.17) is 0 Å². The monoisotopic (exact) mass is 275 g/mol. The fraction of sp³-hybridized carbons (Fsp3) is 0.400. The molecule has 0 unspecified atom stereocenters. The number of thiazole rings is 1. The third-order valence-corrected chi connectivity index (χ3v) is 4.20. The van der Waals surface area contributed by atoms with Gasteiger partial charge in [-0.2, -0.15) is 0 Å². The van der Waals surface area contributed by atoms with Gasteiger partial charge in [-0.3, -0.25) is 0 Å². The summed E-state index contributed by atoms with van der Waals surface area (Å²) < 4.78 is 0. The zero-order valence-corrected chi connectivity index (χ0v) is 12.6. The van der Waals surface area contributed by atoms with Crippen LogP contribution in [-0.4, -0.2) is 25.1 Å². The first-order valence-corrected chi connectivity index (χ1v) is 7.42. The molecular formula is C15H21N3S. The number of benzene rings is 1. The summed E-state index contributed by atoms with van der Waals surface area (Å²) in [6.07, 6.45) is 1.10. The maximum absolute atomic E-state index is 4.48. The first-order valence-electron chi connectivity index (χ1n) is 6.61. The molecule has 0 saturated heterocycles. The number of hydrogen-bond acceptors (Lipinski definition) is 4. The molecule has 0 atom stereocenters. The Morgan fingerprint density at radius 2 is 1.95 bits per heavy atom. The highest BCUT2D eigenvalue weighted by molar-refractivity contribution is 7.15. The molecule has 0 saturated carbocycles. The Morgan fingerprint density at radius 1 is 1.21 bits per heavy atom. The Labute approximate surface area is 119 Å². The van der Waals surface area contributed by atoms with E-state index in [9.17, 15) is 0 Å². The van der Waals surface area contributed by atoms with Crippen molar-refractivity contribution in [1.29, 1.82) is 0 Å². The second kappa shape index (κ2) is 6.57. The largest absolute Gasteiger partial charge is 0.375 e. The quantitative estimate of drug-likeness (QED) is 0.815. The summed E-state index contributed by atoms with van der Waals surface area (Å²) in [7, 11) is 2.13. The molecule has 1 aromatic heterocycles. The number of anilines is 2. The van der Waals surface area contributed by atoms with Crippen LogP contribution in [0.15, 0.2) is 30.3 Å². The van der Waals surface area contributed by atoms with Crippen molar-refractivity contribution in [3.05, 3.63) is 40.9 Å². The van der Waals surface area contributed by atoms with Gasteiger partial charge in [0.05, 0.1) is 5.69 Å². The van der Waals surface area contributed by atoms with Crippen LogP contribution in [0.2, 0.25) is 0 Å². The molecule has 19 heavy (non-hydrogen) atoms. The molecule has 3 nitrogen and oxygen atoms in total. The molecule has 0 fully saturated rings. The van der Waals surface area contributed by atoms with Gasteiger partial charge in [0.1, 0.15) is 0 Å². The van der Waals surface area contributed by atoms with Gasteiger partial charge in [0.15, 0.2) is 5.13 Å². The summed E-state index contributed by atoms with van der Waals surface area (Å²) in [5.41, 5.74) is 2.40. The van der Waals surface area contributed by atoms with Crippen LogP contribution in [0.5, 0.6) is 0 Å². The number of aromatic nitrogens is 1. The minimum Gasteiger partial charge on any atom is -0.375 e. The zero-order valence-electron chi connectivity index (χ0n) is 11.8. The Morgan fingerprint density at radius 3 is 2.58 bits per heavy atom. The number of nitrogens with zero attached hydrogens (tertiary/aromatic N) is 2. The van der Waals surface area contributed by atoms with Gasteiger partial charge in [0, 0.05) is 30.7 Å². The predicted molar refractivity (Wildman–Crippen MR) is 84.4 cm³/mol. The van der Waals surface area contributed by atoms with Crippen molar-refractivity contribution >= 4 is 22.2 Å². The number of hydrogen-bond donors (Lipinski definition) is 1. The molecule has 0 aliphatic rings. The molecule has 0 aliphatic heterocycles. The van der Waals surface area contributed by atoms with E-state index in [0.29, 0.717) is 0 Å². The number of para-hydroxylation sites is 1. The van der Waals surface area contributed by atoms with Crippen LogP contribution in [0.1, 0.15) is 17.0 Å². The third-order valence-electron chi connectivity index (χ3n) is 3.17. The molecule has 0 bridgehead atoms. The predicted octanol–water partition coefficient (Wildman–Crippen LogP) is 3.70. The van der Waals surface area contributed by atoms with Crippen LogP contribution in [0.3, 0.4) is 0 Å². The molecule has 0 radical (unpaired) electrons. The van der Waals surface area contributed by atoms with E-state index < -0.39 is 0 Å². The van der Waals surface area contributed by atoms with Crippen LogP contribution in [-0.2, 0) is 0 Å². The van der Waals surface area contributed by atoms with Gasteiger partial charge in [-0.15, -0.1) is 11.3 Å². The highest BCUT2D eigenvalue weighted by atomic mass is 32.1. The van der Waals surface area contributed by atoms with Gasteiger partial charge in [-0.25, -0.2) is 4.98 Å². The average Bonchev–Trinajstić information content (AvgIpc) is 2.74. The Bertz CT molecular complexity index is 488. The Kier molecular flexibility index (Phi) is 4.80. The minimum absolute atomic E-state index is 0.962. The van der Waals surface area contributed by atoms with Gasteiger partial charge >= 0.3 is 0 Å². The third kappa shape index (κ3) is 3.96. The molecule has 102 valence electrons. The van der Waals surface area contributed by atoms with Crippen molar-refractivity contribution in [3.63, 3.8) is 0 Å². The standard InChI is InChI=1S/C15H21N3S/c1-12-13(2)19-15(17-12)16-10-7-11-18(3)14-8-5-4-6-9-14/h4-6,8-9H,7,10-11H2,1-3H3,(H,16,17). The molecule has 2 aromatic rings. The van der Waals surface area contributed by atoms with Crippen molar-refractivity contribution < 1.29 is 0 Å². The van der Waals surface area contributed by atoms with Crippen molar-refractivity contribution in [2.24, 2.45) is 0 Å². The van der Waals surface area contributed by atoms with Gasteiger partial charge in [-0.1, -0.05) is 18.2 Å². The van der Waals surface area contributed by atoms with Crippen molar-refractivity contribution in [2.45, 2.75) is 20.3 Å². The number of aryl methyl sites for hydroxylation is 2. The lowest BCUT2D eigenvalue weighted by Crippen LogP contribution is -2.20. The van der Waals surface area contributed by atoms with Crippen molar-refractivity contribution in [3.8, 4) is 0 Å². The molecule has 1 heterocycles. The number of nitrogens with one attached hydrogen (secondary N) is 1. The topological polar surface area (TPSA) is 28.2 Å². The second-order valence-corrected chi connectivity index (χ2v) is 5.90. The maximum atomic E-state index is 4.48. The SMILES string of the molecule is Cc1nc(NCCCN(C)c2ccccc2)sc1C. The fourth-order valence-electron chi connectivity index (χ4n) is 1.87. The van der Waals surface area contributed by atoms with Crippen molar-refractivity contribution in [1.82, 2.24) is 4.98 Å². The van der Waals surface area contributed by atoms with E-state index in [2.05, 4.69) is 60.4 Å². The van der Waals surface area contributed by atoms with E-state index in [1.54, 1.807) is 11.3 Å². The van der Waals surface area contributed by atoms with Crippen LogP contribution in [0, 0.1) is 13.8 Å². The highest BCUT2D eigenvalue weighted by Gasteiger charge is 2.03. The number of rotatable bonds is 6. The average molecular weight is 275 g/mol. The summed E-state index contributed by atoms with van der Waals surface area (Å²) in [6.45, 7) is 6.17. The maximum Gasteiger partial charge on any atom is 0.183 e. The normalized spacial score (nSPS) is 10.5. The van der Waals surface area contributed by atoms with Gasteiger partial charge in [0.25, 0.3) is 0 Å². The molecule has 0 spiro atoms. The lowest BCUT2D eigenvalue weighted by atomic mass is 10.3. The highest BCUT2D eigenvalue weighted by Crippen LogP contribution is 2.20. The lowest BCUT2D eigenvalue weighted by molar-refractivity contribution is 0.815. The molecule has 2 rings (SSSR count). The summed E-state index contributed by atoms with van der Waals surface area (Å²) in [5, 5.41) is 4.43. The summed E-state index contributed by atoms with van der Waals surface area (Å²) >= 11 is 1.73. The summed E-state index contributed by atoms with van der Waals surface area (Å²) in [4.78, 5) is 8.05. The molecule has 4 heteroatoms. The van der Waals surface area contributed by atoms with Crippen LogP contribution in [0.25, 0.3) is 0 Å². The fourth-order valence-corrected chi connectivity index (χ4v) is 2.71. The smallest absolute Gasteiger partial charge is 0.183 e. The minimum atomic E-state index is 0.962. The van der Waals surface area contributed by atoms with Gasteiger partial charge < -0.3 is 10.2 Å². The summed E-state index contributed by atoms with van der Waals surface area (Å²) in [5.74, 6) is 0. The van der Waals surface area contributed by atoms with Crippen LogP contribution >= 0.6 is 11.3 Å². The first-order chi connectivity index (χ1) is 9.16. The van der Waals surface area contributed by atoms with E-state index in [1.165, 1.54) is 10.6 Å². The van der Waals surface area contributed by atoms with Crippen molar-refractivity contribution in [2.75, 3.05) is 30.4 Å². The van der Waals surface area contributed by atoms with Crippen LogP contribution < -0.4 is 10.2 Å². The van der Waals surface area contributed by atoms with E-state index in [1.807, 2.05) is 6.07 Å². The first kappa shape index (κ1) is 13.9. The van der Waals surface area contributed by atoms with E-state index in [0.717, 1.165) is 30.3 Å².